The molecule has 148 valence electrons. The summed E-state index contributed by atoms with van der Waals surface area (Å²) in [6, 6.07) is 8.01. The molecular formula is C19H17N5O4S. The second-order valence-electron chi connectivity index (χ2n) is 6.95. The van der Waals surface area contributed by atoms with E-state index >= 15 is 0 Å². The summed E-state index contributed by atoms with van der Waals surface area (Å²) in [5, 5.41) is 7.85. The van der Waals surface area contributed by atoms with Gasteiger partial charge < -0.3 is 10.1 Å². The van der Waals surface area contributed by atoms with Gasteiger partial charge in [-0.3, -0.25) is 14.5 Å². The molecule has 0 aliphatic carbocycles. The number of hydrogen-bond acceptors (Lipinski definition) is 7. The summed E-state index contributed by atoms with van der Waals surface area (Å²) in [6.45, 7) is 2.19. The Hall–Kier alpha value is -3.27. The highest BCUT2D eigenvalue weighted by atomic mass is 32.1. The van der Waals surface area contributed by atoms with Crippen LogP contribution in [0.5, 0.6) is 5.75 Å². The van der Waals surface area contributed by atoms with Crippen LogP contribution in [0, 0.1) is 0 Å². The Balaban J connectivity index is 1.51. The van der Waals surface area contributed by atoms with E-state index in [-0.39, 0.29) is 18.0 Å². The molecule has 2 aliphatic rings. The summed E-state index contributed by atoms with van der Waals surface area (Å²) in [4.78, 5) is 44.4. The van der Waals surface area contributed by atoms with Crippen LogP contribution in [-0.2, 0) is 23.3 Å². The highest BCUT2D eigenvalue weighted by Crippen LogP contribution is 2.41. The molecule has 2 aromatic heterocycles. The number of aromatic nitrogens is 3. The van der Waals surface area contributed by atoms with Gasteiger partial charge in [-0.05, 0) is 12.5 Å². The summed E-state index contributed by atoms with van der Waals surface area (Å²) < 4.78 is 6.89. The van der Waals surface area contributed by atoms with Crippen LogP contribution >= 0.6 is 11.3 Å². The number of carbonyl (C=O) groups excluding carboxylic acids is 2. The summed E-state index contributed by atoms with van der Waals surface area (Å²) in [6.07, 6.45) is 1.04. The van der Waals surface area contributed by atoms with Crippen molar-refractivity contribution in [2.75, 3.05) is 6.61 Å². The fraction of sp³-hybridized carbons (Fsp3) is 0.316. The molecule has 1 unspecified atom stereocenters. The SMILES string of the molecule is CCc1nn2c(=O)cc(CN3C(=O)NC4(CCOc5ccccc54)C3=O)nc2s1. The normalized spacial score (nSPS) is 20.8. The van der Waals surface area contributed by atoms with Crippen LogP contribution in [0.4, 0.5) is 4.79 Å². The zero-order chi connectivity index (χ0) is 20.2. The number of rotatable bonds is 3. The van der Waals surface area contributed by atoms with Crippen LogP contribution in [0.15, 0.2) is 35.1 Å². The number of amides is 3. The quantitative estimate of drug-likeness (QED) is 0.654. The van der Waals surface area contributed by atoms with Crippen LogP contribution in [0.25, 0.3) is 4.96 Å². The van der Waals surface area contributed by atoms with Gasteiger partial charge in [-0.1, -0.05) is 36.5 Å². The zero-order valence-electron chi connectivity index (χ0n) is 15.5. The number of urea groups is 1. The maximum absolute atomic E-state index is 13.3. The minimum atomic E-state index is -1.15. The number of nitrogens with zero attached hydrogens (tertiary/aromatic N) is 4. The van der Waals surface area contributed by atoms with Crippen LogP contribution in [0.2, 0.25) is 0 Å². The van der Waals surface area contributed by atoms with Gasteiger partial charge in [0.25, 0.3) is 11.5 Å². The van der Waals surface area contributed by atoms with Crippen LogP contribution < -0.4 is 15.6 Å². The summed E-state index contributed by atoms with van der Waals surface area (Å²) in [7, 11) is 0. The smallest absolute Gasteiger partial charge is 0.325 e. The predicted molar refractivity (Wildman–Crippen MR) is 104 cm³/mol. The Labute approximate surface area is 168 Å². The lowest BCUT2D eigenvalue weighted by Crippen LogP contribution is -2.47. The third kappa shape index (κ3) is 2.63. The standard InChI is InChI=1S/C19H17N5O4S/c1-2-14-22-24-15(25)9-11(20-18(24)29-14)10-23-16(26)19(21-17(23)27)7-8-28-13-6-4-3-5-12(13)19/h3-6,9H,2,7-8,10H2,1H3,(H,21,27). The van der Waals surface area contributed by atoms with E-state index in [9.17, 15) is 14.4 Å². The third-order valence-electron chi connectivity index (χ3n) is 5.22. The molecule has 10 heteroatoms. The Bertz CT molecular complexity index is 1220. The highest BCUT2D eigenvalue weighted by Gasteiger charge is 2.54. The predicted octanol–water partition coefficient (Wildman–Crippen LogP) is 1.44. The second-order valence-corrected chi connectivity index (χ2v) is 7.99. The van der Waals surface area contributed by atoms with Crippen molar-refractivity contribution in [3.05, 3.63) is 57.0 Å². The lowest BCUT2D eigenvalue weighted by molar-refractivity contribution is -0.133. The highest BCUT2D eigenvalue weighted by molar-refractivity contribution is 7.16. The molecule has 1 fully saturated rings. The van der Waals surface area contributed by atoms with E-state index in [0.29, 0.717) is 41.4 Å². The number of para-hydroxylation sites is 1. The molecular weight excluding hydrogens is 394 g/mol. The molecule has 1 N–H and O–H groups in total. The second kappa shape index (κ2) is 6.38. The van der Waals surface area contributed by atoms with Gasteiger partial charge in [0, 0.05) is 18.1 Å². The summed E-state index contributed by atoms with van der Waals surface area (Å²) in [5.74, 6) is 0.225. The molecule has 1 aromatic carbocycles. The Morgan fingerprint density at radius 1 is 1.28 bits per heavy atom. The van der Waals surface area contributed by atoms with Crippen molar-refractivity contribution in [2.45, 2.75) is 31.8 Å². The van der Waals surface area contributed by atoms with Gasteiger partial charge >= 0.3 is 6.03 Å². The van der Waals surface area contributed by atoms with Crippen LogP contribution in [0.3, 0.4) is 0 Å². The molecule has 9 nitrogen and oxygen atoms in total. The zero-order valence-corrected chi connectivity index (χ0v) is 16.4. The van der Waals surface area contributed by atoms with Gasteiger partial charge in [0.2, 0.25) is 4.96 Å². The Morgan fingerprint density at radius 3 is 2.93 bits per heavy atom. The lowest BCUT2D eigenvalue weighted by atomic mass is 9.84. The van der Waals surface area contributed by atoms with Gasteiger partial charge in [0.15, 0.2) is 5.54 Å². The molecule has 1 saturated heterocycles. The first-order valence-electron chi connectivity index (χ1n) is 9.27. The lowest BCUT2D eigenvalue weighted by Gasteiger charge is -2.33. The van der Waals surface area contributed by atoms with Crippen molar-refractivity contribution in [3.8, 4) is 5.75 Å². The van der Waals surface area contributed by atoms with Gasteiger partial charge in [0.05, 0.1) is 18.8 Å². The Morgan fingerprint density at radius 2 is 2.10 bits per heavy atom. The van der Waals surface area contributed by atoms with Gasteiger partial charge in [-0.25, -0.2) is 9.78 Å². The monoisotopic (exact) mass is 411 g/mol. The molecule has 1 atom stereocenters. The van der Waals surface area contributed by atoms with Crippen molar-refractivity contribution in [1.29, 1.82) is 0 Å². The number of nitrogens with one attached hydrogen (secondary N) is 1. The number of benzene rings is 1. The van der Waals surface area contributed by atoms with E-state index in [1.165, 1.54) is 21.9 Å². The van der Waals surface area contributed by atoms with Crippen molar-refractivity contribution < 1.29 is 14.3 Å². The molecule has 29 heavy (non-hydrogen) atoms. The molecule has 0 radical (unpaired) electrons. The molecule has 1 spiro atoms. The first-order valence-corrected chi connectivity index (χ1v) is 10.1. The minimum Gasteiger partial charge on any atom is -0.493 e. The van der Waals surface area contributed by atoms with E-state index in [4.69, 9.17) is 4.74 Å². The number of ether oxygens (including phenoxy) is 1. The average Bonchev–Trinajstić information content (AvgIpc) is 3.24. The van der Waals surface area contributed by atoms with E-state index in [1.807, 2.05) is 19.1 Å². The largest absolute Gasteiger partial charge is 0.493 e. The van der Waals surface area contributed by atoms with Gasteiger partial charge in [0.1, 0.15) is 10.8 Å². The topological polar surface area (TPSA) is 106 Å². The molecule has 2 aliphatic heterocycles. The maximum atomic E-state index is 13.3. The van der Waals surface area contributed by atoms with Crippen molar-refractivity contribution in [2.24, 2.45) is 0 Å². The molecule has 0 bridgehead atoms. The molecule has 4 heterocycles. The number of aryl methyl sites for hydroxylation is 1. The van der Waals surface area contributed by atoms with E-state index in [0.717, 1.165) is 9.91 Å². The van der Waals surface area contributed by atoms with Crippen LogP contribution in [0.1, 0.15) is 29.6 Å². The number of fused-ring (bicyclic) bond motifs is 3. The summed E-state index contributed by atoms with van der Waals surface area (Å²) >= 11 is 1.32. The molecule has 3 aromatic rings. The average molecular weight is 411 g/mol. The number of imide groups is 1. The van der Waals surface area contributed by atoms with Crippen molar-refractivity contribution in [3.63, 3.8) is 0 Å². The fourth-order valence-electron chi connectivity index (χ4n) is 3.80. The molecule has 3 amide bonds. The van der Waals surface area contributed by atoms with Crippen molar-refractivity contribution >= 4 is 28.2 Å². The van der Waals surface area contributed by atoms with Gasteiger partial charge in [-0.2, -0.15) is 9.61 Å². The molecule has 0 saturated carbocycles. The number of carbonyl (C=O) groups is 2. The minimum absolute atomic E-state index is 0.0828. The fourth-order valence-corrected chi connectivity index (χ4v) is 4.65. The first kappa shape index (κ1) is 17.8. The first-order chi connectivity index (χ1) is 14.0. The maximum Gasteiger partial charge on any atom is 0.325 e. The van der Waals surface area contributed by atoms with Crippen LogP contribution in [-0.4, -0.2) is 38.0 Å². The molecule has 5 rings (SSSR count). The number of hydrogen-bond donors (Lipinski definition) is 1. The third-order valence-corrected chi connectivity index (χ3v) is 6.27. The summed E-state index contributed by atoms with van der Waals surface area (Å²) in [5.41, 5.74) is -0.489. The van der Waals surface area contributed by atoms with Gasteiger partial charge in [-0.15, -0.1) is 0 Å². The van der Waals surface area contributed by atoms with E-state index < -0.39 is 11.6 Å². The Kier molecular flexibility index (Phi) is 3.91. The van der Waals surface area contributed by atoms with E-state index in [2.05, 4.69) is 15.4 Å². The van der Waals surface area contributed by atoms with E-state index in [1.54, 1.807) is 12.1 Å². The van der Waals surface area contributed by atoms with Crippen molar-refractivity contribution in [1.82, 2.24) is 24.8 Å².